The monoisotopic (exact) mass is 139 g/mol. The Morgan fingerprint density at radius 1 is 1.50 bits per heavy atom. The van der Waals surface area contributed by atoms with Crippen molar-refractivity contribution in [2.45, 2.75) is 6.92 Å². The largest absolute Gasteiger partial charge is 0.240 e. The Hall–Kier alpha value is 0.439. The molecule has 6 heavy (non-hydrogen) atoms. The van der Waals surface area contributed by atoms with Gasteiger partial charge in [0.05, 0.1) is 13.7 Å². The predicted molar refractivity (Wildman–Crippen MR) is 18.6 cm³/mol. The van der Waals surface area contributed by atoms with Crippen molar-refractivity contribution in [1.82, 2.24) is 0 Å². The van der Waals surface area contributed by atoms with Gasteiger partial charge in [0.25, 0.3) is 0 Å². The molecular formula is C3H8CuO2. The van der Waals surface area contributed by atoms with Gasteiger partial charge in [-0.05, 0) is 6.92 Å². The molecule has 1 radical (unpaired) electrons. The quantitative estimate of drug-likeness (QED) is 0.317. The molecule has 0 aliphatic carbocycles. The topological polar surface area (TPSA) is 18.5 Å². The molecule has 0 unspecified atom stereocenters. The van der Waals surface area contributed by atoms with Crippen molar-refractivity contribution in [3.05, 3.63) is 0 Å². The van der Waals surface area contributed by atoms with E-state index in [1.807, 2.05) is 6.92 Å². The Morgan fingerprint density at radius 2 is 2.00 bits per heavy atom. The smallest absolute Gasteiger partial charge is 0.0794 e. The van der Waals surface area contributed by atoms with E-state index in [-0.39, 0.29) is 17.1 Å². The molecule has 0 aromatic carbocycles. The van der Waals surface area contributed by atoms with Gasteiger partial charge in [0.1, 0.15) is 0 Å². The van der Waals surface area contributed by atoms with Crippen LogP contribution in [-0.4, -0.2) is 13.7 Å². The molecular weight excluding hydrogens is 132 g/mol. The Morgan fingerprint density at radius 3 is 2.00 bits per heavy atom. The van der Waals surface area contributed by atoms with Crippen LogP contribution in [0, 0.1) is 0 Å². The van der Waals surface area contributed by atoms with Gasteiger partial charge >= 0.3 is 0 Å². The second kappa shape index (κ2) is 9.06. The van der Waals surface area contributed by atoms with Gasteiger partial charge in [-0.25, -0.2) is 9.78 Å². The predicted octanol–water partition coefficient (Wildman–Crippen LogP) is 0.582. The van der Waals surface area contributed by atoms with E-state index in [9.17, 15) is 0 Å². The first-order valence-electron chi connectivity index (χ1n) is 1.57. The average Bonchev–Trinajstić information content (AvgIpc) is 1.41. The molecule has 0 fully saturated rings. The van der Waals surface area contributed by atoms with Crippen LogP contribution in [0.15, 0.2) is 0 Å². The van der Waals surface area contributed by atoms with Crippen molar-refractivity contribution in [1.29, 1.82) is 0 Å². The van der Waals surface area contributed by atoms with E-state index in [2.05, 4.69) is 9.78 Å². The molecule has 0 aliphatic rings. The molecule has 0 spiro atoms. The first kappa shape index (κ1) is 9.67. The molecule has 0 heterocycles. The van der Waals surface area contributed by atoms with E-state index in [4.69, 9.17) is 0 Å². The zero-order chi connectivity index (χ0) is 4.12. The van der Waals surface area contributed by atoms with Crippen LogP contribution in [0.3, 0.4) is 0 Å². The summed E-state index contributed by atoms with van der Waals surface area (Å²) in [6.45, 7) is 2.49. The van der Waals surface area contributed by atoms with Crippen molar-refractivity contribution in [2.75, 3.05) is 13.7 Å². The summed E-state index contributed by atoms with van der Waals surface area (Å²) in [5.74, 6) is 0. The molecule has 43 valence electrons. The molecule has 0 aliphatic heterocycles. The van der Waals surface area contributed by atoms with E-state index >= 15 is 0 Å². The van der Waals surface area contributed by atoms with E-state index in [0.29, 0.717) is 6.61 Å². The molecule has 0 atom stereocenters. The summed E-state index contributed by atoms with van der Waals surface area (Å²) in [7, 11) is 1.49. The van der Waals surface area contributed by atoms with Crippen LogP contribution >= 0.6 is 0 Å². The summed E-state index contributed by atoms with van der Waals surface area (Å²) in [6, 6.07) is 0. The normalized spacial score (nSPS) is 7.00. The molecule has 0 rings (SSSR count). The molecule has 0 aromatic heterocycles. The van der Waals surface area contributed by atoms with Gasteiger partial charge in [-0.1, -0.05) is 0 Å². The number of hydrogen-bond donors (Lipinski definition) is 0. The standard InChI is InChI=1S/C3H8O2.Cu/c1-3-5-4-2;/h3H2,1-2H3;. The molecule has 0 bridgehead atoms. The number of rotatable bonds is 2. The summed E-state index contributed by atoms with van der Waals surface area (Å²) in [6.07, 6.45) is 0. The van der Waals surface area contributed by atoms with Crippen LogP contribution in [0.5, 0.6) is 0 Å². The van der Waals surface area contributed by atoms with Crippen molar-refractivity contribution in [3.63, 3.8) is 0 Å². The molecule has 0 saturated heterocycles. The van der Waals surface area contributed by atoms with Crippen LogP contribution < -0.4 is 0 Å². The molecule has 0 N–H and O–H groups in total. The summed E-state index contributed by atoms with van der Waals surface area (Å²) < 4.78 is 0. The third-order valence-corrected chi connectivity index (χ3v) is 0.236. The maximum Gasteiger partial charge on any atom is 0.0794 e. The fraction of sp³-hybridized carbons (Fsp3) is 1.00. The van der Waals surface area contributed by atoms with Gasteiger partial charge in [0, 0.05) is 17.1 Å². The summed E-state index contributed by atoms with van der Waals surface area (Å²) in [5.41, 5.74) is 0. The summed E-state index contributed by atoms with van der Waals surface area (Å²) >= 11 is 0. The van der Waals surface area contributed by atoms with Crippen LogP contribution in [0.2, 0.25) is 0 Å². The number of hydrogen-bond acceptors (Lipinski definition) is 2. The van der Waals surface area contributed by atoms with Crippen molar-refractivity contribution < 1.29 is 26.8 Å². The van der Waals surface area contributed by atoms with Crippen molar-refractivity contribution in [2.24, 2.45) is 0 Å². The second-order valence-electron chi connectivity index (χ2n) is 0.573. The molecule has 0 amide bonds. The Bertz CT molecular complexity index is 16.3. The summed E-state index contributed by atoms with van der Waals surface area (Å²) in [4.78, 5) is 8.52. The minimum absolute atomic E-state index is 0. The molecule has 0 saturated carbocycles. The first-order valence-corrected chi connectivity index (χ1v) is 1.57. The maximum absolute atomic E-state index is 4.33. The molecule has 3 heteroatoms. The SMILES string of the molecule is CCOOC.[Cu]. The fourth-order valence-corrected chi connectivity index (χ4v) is 0.118. The summed E-state index contributed by atoms with van der Waals surface area (Å²) in [5, 5.41) is 0. The van der Waals surface area contributed by atoms with Gasteiger partial charge < -0.3 is 0 Å². The third kappa shape index (κ3) is 8.83. The minimum Gasteiger partial charge on any atom is -0.240 e. The Balaban J connectivity index is 0. The van der Waals surface area contributed by atoms with Crippen LogP contribution in [0.25, 0.3) is 0 Å². The van der Waals surface area contributed by atoms with Crippen LogP contribution in [0.1, 0.15) is 6.92 Å². The third-order valence-electron chi connectivity index (χ3n) is 0.236. The second-order valence-corrected chi connectivity index (χ2v) is 0.573. The zero-order valence-electron chi connectivity index (χ0n) is 3.83. The van der Waals surface area contributed by atoms with Gasteiger partial charge in [0.2, 0.25) is 0 Å². The Kier molecular flexibility index (Phi) is 14.6. The van der Waals surface area contributed by atoms with E-state index in [1.54, 1.807) is 0 Å². The molecule has 0 aromatic rings. The van der Waals surface area contributed by atoms with Gasteiger partial charge in [-0.3, -0.25) is 0 Å². The van der Waals surface area contributed by atoms with Crippen LogP contribution in [0.4, 0.5) is 0 Å². The van der Waals surface area contributed by atoms with Gasteiger partial charge in [-0.2, -0.15) is 0 Å². The fourth-order valence-electron chi connectivity index (χ4n) is 0.118. The van der Waals surface area contributed by atoms with E-state index < -0.39 is 0 Å². The Labute approximate surface area is 48.2 Å². The van der Waals surface area contributed by atoms with Crippen molar-refractivity contribution >= 4 is 0 Å². The van der Waals surface area contributed by atoms with Crippen molar-refractivity contribution in [3.8, 4) is 0 Å². The van der Waals surface area contributed by atoms with E-state index in [0.717, 1.165) is 0 Å². The average molecular weight is 140 g/mol. The first-order chi connectivity index (χ1) is 2.41. The van der Waals surface area contributed by atoms with Gasteiger partial charge in [0.15, 0.2) is 0 Å². The maximum atomic E-state index is 4.33. The van der Waals surface area contributed by atoms with E-state index in [1.165, 1.54) is 7.11 Å². The zero-order valence-corrected chi connectivity index (χ0v) is 4.77. The molecule has 2 nitrogen and oxygen atoms in total. The minimum atomic E-state index is 0. The van der Waals surface area contributed by atoms with Crippen LogP contribution in [-0.2, 0) is 26.8 Å². The van der Waals surface area contributed by atoms with Gasteiger partial charge in [-0.15, -0.1) is 0 Å².